The Labute approximate surface area is 185 Å². The first-order valence-electron chi connectivity index (χ1n) is 10.3. The smallest absolute Gasteiger partial charge is 0.348 e. The van der Waals surface area contributed by atoms with Crippen molar-refractivity contribution >= 4 is 28.9 Å². The predicted octanol–water partition coefficient (Wildman–Crippen LogP) is 3.86. The van der Waals surface area contributed by atoms with Crippen LogP contribution in [0.3, 0.4) is 0 Å². The first-order valence-corrected chi connectivity index (χ1v) is 11.1. The molecule has 0 aliphatic rings. The molecule has 0 radical (unpaired) electrons. The molecular weight excluding hydrogens is 414 g/mol. The molecule has 0 fully saturated rings. The minimum absolute atomic E-state index is 0.169. The number of amides is 1. The van der Waals surface area contributed by atoms with Crippen LogP contribution in [-0.2, 0) is 29.4 Å². The van der Waals surface area contributed by atoms with Gasteiger partial charge in [0.15, 0.2) is 6.61 Å². The summed E-state index contributed by atoms with van der Waals surface area (Å²) in [6, 6.07) is 11.0. The highest BCUT2D eigenvalue weighted by molar-refractivity contribution is 7.14. The molecule has 0 unspecified atom stereocenters. The molecule has 0 atom stereocenters. The maximum Gasteiger partial charge on any atom is 0.348 e. The van der Waals surface area contributed by atoms with Gasteiger partial charge in [-0.05, 0) is 43.5 Å². The van der Waals surface area contributed by atoms with Crippen molar-refractivity contribution in [3.05, 3.63) is 67.8 Å². The summed E-state index contributed by atoms with van der Waals surface area (Å²) in [5.41, 5.74) is 2.26. The zero-order valence-electron chi connectivity index (χ0n) is 18.2. The molecule has 1 aromatic carbocycles. The summed E-state index contributed by atoms with van der Waals surface area (Å²) in [5.74, 6) is -1.08. The van der Waals surface area contributed by atoms with E-state index in [-0.39, 0.29) is 11.2 Å². The van der Waals surface area contributed by atoms with Crippen LogP contribution in [-0.4, -0.2) is 27.8 Å². The average molecular weight is 442 g/mol. The van der Waals surface area contributed by atoms with E-state index >= 15 is 0 Å². The molecule has 8 heteroatoms. The third-order valence-corrected chi connectivity index (χ3v) is 6.33. The lowest BCUT2D eigenvalue weighted by molar-refractivity contribution is -0.119. The molecule has 7 nitrogen and oxygen atoms in total. The minimum Gasteiger partial charge on any atom is -0.451 e. The number of aromatic nitrogens is 2. The second kappa shape index (κ2) is 9.78. The molecule has 0 aliphatic heterocycles. The molecule has 3 aromatic rings. The topological polar surface area (TPSA) is 82.3 Å². The SMILES string of the molecule is CCCc1sc(C(=O)OCC(=O)Nc2c(C)n(C)n(-c3ccccc3)c2=O)cc1CC. The number of benzene rings is 1. The van der Waals surface area contributed by atoms with Crippen molar-refractivity contribution in [2.75, 3.05) is 11.9 Å². The van der Waals surface area contributed by atoms with Gasteiger partial charge in [-0.1, -0.05) is 38.5 Å². The van der Waals surface area contributed by atoms with Gasteiger partial charge in [0.05, 0.1) is 11.4 Å². The molecule has 2 heterocycles. The standard InChI is InChI=1S/C23H27N3O4S/c1-5-10-18-16(6-2)13-19(31-18)23(29)30-14-20(27)24-21-15(3)25(4)26(22(21)28)17-11-8-7-9-12-17/h7-9,11-13H,5-6,10,14H2,1-4H3,(H,24,27). The fraction of sp³-hybridized carbons (Fsp3) is 0.348. The lowest BCUT2D eigenvalue weighted by Gasteiger charge is -2.07. The number of carbonyl (C=O) groups excluding carboxylic acids is 2. The normalized spacial score (nSPS) is 10.8. The van der Waals surface area contributed by atoms with Crippen LogP contribution in [0.5, 0.6) is 0 Å². The predicted molar refractivity (Wildman–Crippen MR) is 122 cm³/mol. The molecule has 0 spiro atoms. The van der Waals surface area contributed by atoms with Gasteiger partial charge in [-0.3, -0.25) is 14.3 Å². The monoisotopic (exact) mass is 441 g/mol. The van der Waals surface area contributed by atoms with Gasteiger partial charge in [-0.15, -0.1) is 11.3 Å². The number of rotatable bonds is 8. The van der Waals surface area contributed by atoms with E-state index in [1.807, 2.05) is 43.3 Å². The third-order valence-electron chi connectivity index (χ3n) is 5.11. The summed E-state index contributed by atoms with van der Waals surface area (Å²) in [5, 5.41) is 2.60. The van der Waals surface area contributed by atoms with Crippen LogP contribution in [0, 0.1) is 6.92 Å². The van der Waals surface area contributed by atoms with Crippen LogP contribution in [0.2, 0.25) is 0 Å². The van der Waals surface area contributed by atoms with Crippen molar-refractivity contribution in [2.24, 2.45) is 7.05 Å². The van der Waals surface area contributed by atoms with Crippen LogP contribution >= 0.6 is 11.3 Å². The van der Waals surface area contributed by atoms with Gasteiger partial charge in [-0.2, -0.15) is 0 Å². The summed E-state index contributed by atoms with van der Waals surface area (Å²) in [7, 11) is 1.75. The van der Waals surface area contributed by atoms with Crippen LogP contribution < -0.4 is 10.9 Å². The van der Waals surface area contributed by atoms with E-state index < -0.39 is 18.5 Å². The molecule has 0 saturated carbocycles. The molecule has 164 valence electrons. The Bertz CT molecular complexity index is 1140. The number of ether oxygens (including phenoxy) is 1. The van der Waals surface area contributed by atoms with Gasteiger partial charge in [0.25, 0.3) is 11.5 Å². The van der Waals surface area contributed by atoms with Crippen molar-refractivity contribution in [3.63, 3.8) is 0 Å². The van der Waals surface area contributed by atoms with E-state index in [2.05, 4.69) is 12.2 Å². The Balaban J connectivity index is 1.69. The van der Waals surface area contributed by atoms with Crippen LogP contribution in [0.25, 0.3) is 5.69 Å². The van der Waals surface area contributed by atoms with Gasteiger partial charge in [0.1, 0.15) is 10.6 Å². The van der Waals surface area contributed by atoms with Crippen LogP contribution in [0.4, 0.5) is 5.69 Å². The maximum absolute atomic E-state index is 12.9. The Kier molecular flexibility index (Phi) is 7.12. The molecule has 1 amide bonds. The van der Waals surface area contributed by atoms with Gasteiger partial charge < -0.3 is 10.1 Å². The lowest BCUT2D eigenvalue weighted by Crippen LogP contribution is -2.25. The third kappa shape index (κ3) is 4.80. The number of carbonyl (C=O) groups is 2. The summed E-state index contributed by atoms with van der Waals surface area (Å²) in [6.07, 6.45) is 2.77. The fourth-order valence-corrected chi connectivity index (χ4v) is 4.64. The number of nitrogens with zero attached hydrogens (tertiary/aromatic N) is 2. The number of hydrogen-bond acceptors (Lipinski definition) is 5. The molecule has 0 bridgehead atoms. The molecule has 0 saturated heterocycles. The number of esters is 1. The second-order valence-corrected chi connectivity index (χ2v) is 8.36. The second-order valence-electron chi connectivity index (χ2n) is 7.22. The molecule has 0 aliphatic carbocycles. The number of thiophene rings is 1. The van der Waals surface area contributed by atoms with Crippen LogP contribution in [0.1, 0.15) is 46.1 Å². The Morgan fingerprint density at radius 3 is 2.52 bits per heavy atom. The van der Waals surface area contributed by atoms with Gasteiger partial charge in [0.2, 0.25) is 0 Å². The minimum atomic E-state index is -0.555. The number of aryl methyl sites for hydroxylation is 2. The highest BCUT2D eigenvalue weighted by Crippen LogP contribution is 2.25. The average Bonchev–Trinajstić information content (AvgIpc) is 3.27. The molecular formula is C23H27N3O4S. The molecule has 31 heavy (non-hydrogen) atoms. The number of anilines is 1. The number of para-hydroxylation sites is 1. The van der Waals surface area contributed by atoms with Gasteiger partial charge >= 0.3 is 5.97 Å². The fourth-order valence-electron chi connectivity index (χ4n) is 3.39. The van der Waals surface area contributed by atoms with Crippen molar-refractivity contribution in [1.82, 2.24) is 9.36 Å². The highest BCUT2D eigenvalue weighted by Gasteiger charge is 2.20. The van der Waals surface area contributed by atoms with E-state index in [1.165, 1.54) is 20.9 Å². The van der Waals surface area contributed by atoms with Crippen LogP contribution in [0.15, 0.2) is 41.2 Å². The first kappa shape index (κ1) is 22.6. The van der Waals surface area contributed by atoms with E-state index in [1.54, 1.807) is 18.7 Å². The van der Waals surface area contributed by atoms with E-state index in [0.717, 1.165) is 24.8 Å². The van der Waals surface area contributed by atoms with Crippen molar-refractivity contribution < 1.29 is 14.3 Å². The van der Waals surface area contributed by atoms with E-state index in [0.29, 0.717) is 16.3 Å². The van der Waals surface area contributed by atoms with E-state index in [4.69, 9.17) is 4.74 Å². The van der Waals surface area contributed by atoms with Gasteiger partial charge in [0, 0.05) is 11.9 Å². The molecule has 2 aromatic heterocycles. The van der Waals surface area contributed by atoms with Crippen molar-refractivity contribution in [1.29, 1.82) is 0 Å². The summed E-state index contributed by atoms with van der Waals surface area (Å²) in [4.78, 5) is 39.3. The summed E-state index contributed by atoms with van der Waals surface area (Å²) in [6.45, 7) is 5.43. The zero-order chi connectivity index (χ0) is 22.5. The molecule has 1 N–H and O–H groups in total. The quantitative estimate of drug-likeness (QED) is 0.538. The molecule has 3 rings (SSSR count). The number of nitrogens with one attached hydrogen (secondary N) is 1. The first-order chi connectivity index (χ1) is 14.9. The lowest BCUT2D eigenvalue weighted by atomic mass is 10.1. The largest absolute Gasteiger partial charge is 0.451 e. The Hall–Kier alpha value is -3.13. The Morgan fingerprint density at radius 1 is 1.16 bits per heavy atom. The van der Waals surface area contributed by atoms with Crippen molar-refractivity contribution in [2.45, 2.75) is 40.0 Å². The van der Waals surface area contributed by atoms with Crippen molar-refractivity contribution in [3.8, 4) is 5.69 Å². The highest BCUT2D eigenvalue weighted by atomic mass is 32.1. The van der Waals surface area contributed by atoms with E-state index in [9.17, 15) is 14.4 Å². The zero-order valence-corrected chi connectivity index (χ0v) is 19.0. The summed E-state index contributed by atoms with van der Waals surface area (Å²) < 4.78 is 8.35. The maximum atomic E-state index is 12.9. The summed E-state index contributed by atoms with van der Waals surface area (Å²) >= 11 is 1.42. The van der Waals surface area contributed by atoms with Gasteiger partial charge in [-0.25, -0.2) is 9.48 Å². The number of hydrogen-bond donors (Lipinski definition) is 1. The Morgan fingerprint density at radius 2 is 1.87 bits per heavy atom.